The predicted molar refractivity (Wildman–Crippen MR) is 143 cm³/mol. The van der Waals surface area contributed by atoms with Gasteiger partial charge in [0.05, 0.1) is 5.69 Å². The van der Waals surface area contributed by atoms with Crippen molar-refractivity contribution in [2.75, 3.05) is 6.54 Å². The lowest BCUT2D eigenvalue weighted by atomic mass is 10.0. The second-order valence-corrected chi connectivity index (χ2v) is 8.78. The summed E-state index contributed by atoms with van der Waals surface area (Å²) < 4.78 is 1.28. The molecule has 0 saturated heterocycles. The van der Waals surface area contributed by atoms with Gasteiger partial charge in [0, 0.05) is 24.7 Å². The van der Waals surface area contributed by atoms with Gasteiger partial charge in [-0.1, -0.05) is 103 Å². The maximum atomic E-state index is 13.5. The van der Waals surface area contributed by atoms with E-state index in [-0.39, 0.29) is 18.0 Å². The van der Waals surface area contributed by atoms with Gasteiger partial charge < -0.3 is 4.90 Å². The summed E-state index contributed by atoms with van der Waals surface area (Å²) in [6.07, 6.45) is 0.734. The first kappa shape index (κ1) is 23.2. The first-order valence-corrected chi connectivity index (χ1v) is 12.1. The fraction of sp³-hybridized carbons (Fsp3) is 0.129. The second-order valence-electron chi connectivity index (χ2n) is 8.78. The first-order valence-electron chi connectivity index (χ1n) is 12.1. The van der Waals surface area contributed by atoms with Crippen LogP contribution in [-0.2, 0) is 24.3 Å². The molecule has 1 aromatic heterocycles. The molecule has 0 aliphatic carbocycles. The van der Waals surface area contributed by atoms with E-state index in [0.29, 0.717) is 18.8 Å². The van der Waals surface area contributed by atoms with Crippen LogP contribution in [0.25, 0.3) is 22.0 Å². The fourth-order valence-electron chi connectivity index (χ4n) is 4.39. The third-order valence-corrected chi connectivity index (χ3v) is 6.30. The monoisotopic (exact) mass is 473 g/mol. The molecule has 5 heteroatoms. The number of nitrogens with zero attached hydrogens (tertiary/aromatic N) is 3. The fourth-order valence-corrected chi connectivity index (χ4v) is 4.39. The highest BCUT2D eigenvalue weighted by molar-refractivity contribution is 5.95. The lowest BCUT2D eigenvalue weighted by Crippen LogP contribution is -2.38. The number of fused-ring (bicyclic) bond motifs is 1. The predicted octanol–water partition coefficient (Wildman–Crippen LogP) is 5.34. The van der Waals surface area contributed by atoms with Crippen molar-refractivity contribution in [3.8, 4) is 11.3 Å². The Morgan fingerprint density at radius 1 is 0.722 bits per heavy atom. The number of hydrogen-bond donors (Lipinski definition) is 0. The van der Waals surface area contributed by atoms with Gasteiger partial charge in [0.15, 0.2) is 0 Å². The van der Waals surface area contributed by atoms with E-state index in [0.717, 1.165) is 33.9 Å². The number of amides is 1. The zero-order chi connectivity index (χ0) is 24.7. The summed E-state index contributed by atoms with van der Waals surface area (Å²) >= 11 is 0. The van der Waals surface area contributed by atoms with Crippen LogP contribution in [0.4, 0.5) is 0 Å². The molecular weight excluding hydrogens is 446 g/mol. The summed E-state index contributed by atoms with van der Waals surface area (Å²) in [7, 11) is 0. The maximum Gasteiger partial charge on any atom is 0.267 e. The van der Waals surface area contributed by atoms with E-state index in [2.05, 4.69) is 17.2 Å². The van der Waals surface area contributed by atoms with Gasteiger partial charge in [-0.25, -0.2) is 4.68 Å². The van der Waals surface area contributed by atoms with E-state index in [4.69, 9.17) is 0 Å². The van der Waals surface area contributed by atoms with Gasteiger partial charge in [-0.05, 0) is 34.4 Å². The van der Waals surface area contributed by atoms with Crippen LogP contribution in [0.3, 0.4) is 0 Å². The average Bonchev–Trinajstić information content (AvgIpc) is 2.93. The van der Waals surface area contributed by atoms with Crippen LogP contribution in [0.15, 0.2) is 120 Å². The molecule has 5 rings (SSSR count). The molecule has 0 atom stereocenters. The molecular formula is C31H27N3O2. The van der Waals surface area contributed by atoms with Gasteiger partial charge in [0.2, 0.25) is 5.91 Å². The van der Waals surface area contributed by atoms with Crippen molar-refractivity contribution in [3.63, 3.8) is 0 Å². The Labute approximate surface area is 210 Å². The molecule has 4 aromatic carbocycles. The lowest BCUT2D eigenvalue weighted by Gasteiger charge is -2.23. The minimum absolute atomic E-state index is 0.112. The molecule has 0 bridgehead atoms. The summed E-state index contributed by atoms with van der Waals surface area (Å²) in [5.74, 6) is -0.139. The van der Waals surface area contributed by atoms with Crippen molar-refractivity contribution < 1.29 is 4.79 Å². The minimum Gasteiger partial charge on any atom is -0.336 e. The van der Waals surface area contributed by atoms with Crippen LogP contribution < -0.4 is 5.56 Å². The number of carbonyl (C=O) groups is 1. The topological polar surface area (TPSA) is 55.2 Å². The Balaban J connectivity index is 1.41. The lowest BCUT2D eigenvalue weighted by molar-refractivity contribution is -0.132. The largest absolute Gasteiger partial charge is 0.336 e. The smallest absolute Gasteiger partial charge is 0.267 e. The molecule has 0 saturated carbocycles. The van der Waals surface area contributed by atoms with Crippen LogP contribution in [-0.4, -0.2) is 27.1 Å². The molecule has 0 radical (unpaired) electrons. The Morgan fingerprint density at radius 3 is 2.17 bits per heavy atom. The number of hydrogen-bond acceptors (Lipinski definition) is 3. The maximum absolute atomic E-state index is 13.5. The van der Waals surface area contributed by atoms with E-state index >= 15 is 0 Å². The summed E-state index contributed by atoms with van der Waals surface area (Å²) in [6.45, 7) is 0.916. The van der Waals surface area contributed by atoms with Crippen LogP contribution in [0, 0.1) is 0 Å². The van der Waals surface area contributed by atoms with Crippen LogP contribution in [0.2, 0.25) is 0 Å². The van der Waals surface area contributed by atoms with Gasteiger partial charge in [-0.2, -0.15) is 5.10 Å². The van der Waals surface area contributed by atoms with E-state index in [1.165, 1.54) is 10.7 Å². The van der Waals surface area contributed by atoms with Crippen molar-refractivity contribution in [2.24, 2.45) is 0 Å². The summed E-state index contributed by atoms with van der Waals surface area (Å²) in [5.41, 5.74) is 3.51. The number of aromatic nitrogens is 2. The first-order chi connectivity index (χ1) is 17.7. The highest BCUT2D eigenvalue weighted by atomic mass is 16.2. The van der Waals surface area contributed by atoms with E-state index in [9.17, 15) is 9.59 Å². The molecule has 0 N–H and O–H groups in total. The average molecular weight is 474 g/mol. The van der Waals surface area contributed by atoms with Crippen LogP contribution in [0.5, 0.6) is 0 Å². The van der Waals surface area contributed by atoms with E-state index in [1.807, 2.05) is 91.0 Å². The Hall–Kier alpha value is -4.51. The molecule has 1 heterocycles. The highest BCUT2D eigenvalue weighted by Gasteiger charge is 2.17. The summed E-state index contributed by atoms with van der Waals surface area (Å²) in [4.78, 5) is 28.0. The minimum atomic E-state index is -0.296. The standard InChI is InChI=1S/C31H27N3O2/c35-30-19-18-29(28-17-9-15-26-14-7-8-16-27(26)28)32-34(30)23-31(36)33(22-25-12-5-2-6-13-25)21-20-24-10-3-1-4-11-24/h1-19H,20-23H2. The van der Waals surface area contributed by atoms with Crippen molar-refractivity contribution in [1.29, 1.82) is 0 Å². The molecule has 0 spiro atoms. The molecule has 5 aromatic rings. The Kier molecular flexibility index (Phi) is 6.99. The van der Waals surface area contributed by atoms with Gasteiger partial charge in [0.1, 0.15) is 6.54 Å². The van der Waals surface area contributed by atoms with E-state index in [1.54, 1.807) is 11.0 Å². The molecule has 0 aliphatic heterocycles. The SMILES string of the molecule is O=C(Cn1nc(-c2cccc3ccccc23)ccc1=O)N(CCc1ccccc1)Cc1ccccc1. The third-order valence-electron chi connectivity index (χ3n) is 6.30. The molecule has 1 amide bonds. The van der Waals surface area contributed by atoms with Crippen molar-refractivity contribution >= 4 is 16.7 Å². The third kappa shape index (κ3) is 5.41. The quantitative estimate of drug-likeness (QED) is 0.306. The van der Waals surface area contributed by atoms with Gasteiger partial charge in [0.25, 0.3) is 5.56 Å². The van der Waals surface area contributed by atoms with Crippen molar-refractivity contribution in [3.05, 3.63) is 137 Å². The molecule has 0 aliphatic rings. The van der Waals surface area contributed by atoms with Crippen molar-refractivity contribution in [1.82, 2.24) is 14.7 Å². The second kappa shape index (κ2) is 10.8. The highest BCUT2D eigenvalue weighted by Crippen LogP contribution is 2.26. The summed E-state index contributed by atoms with van der Waals surface area (Å²) in [6, 6.07) is 37.3. The number of rotatable bonds is 8. The van der Waals surface area contributed by atoms with E-state index < -0.39 is 0 Å². The van der Waals surface area contributed by atoms with Crippen molar-refractivity contribution in [2.45, 2.75) is 19.5 Å². The normalized spacial score (nSPS) is 10.9. The van der Waals surface area contributed by atoms with Gasteiger partial charge >= 0.3 is 0 Å². The zero-order valence-electron chi connectivity index (χ0n) is 20.0. The molecule has 0 unspecified atom stereocenters. The number of benzene rings is 4. The molecule has 0 fully saturated rings. The summed E-state index contributed by atoms with van der Waals surface area (Å²) in [5, 5.41) is 6.75. The zero-order valence-corrected chi connectivity index (χ0v) is 20.0. The van der Waals surface area contributed by atoms with Crippen LogP contribution >= 0.6 is 0 Å². The van der Waals surface area contributed by atoms with Crippen LogP contribution in [0.1, 0.15) is 11.1 Å². The Bertz CT molecular complexity index is 1520. The number of carbonyl (C=O) groups excluding carboxylic acids is 1. The molecule has 178 valence electrons. The van der Waals surface area contributed by atoms with Gasteiger partial charge in [-0.3, -0.25) is 9.59 Å². The van der Waals surface area contributed by atoms with Gasteiger partial charge in [-0.15, -0.1) is 0 Å². The molecule has 5 nitrogen and oxygen atoms in total. The molecule has 36 heavy (non-hydrogen) atoms. The Morgan fingerprint density at radius 2 is 1.39 bits per heavy atom.